The smallest absolute Gasteiger partial charge is 0.490 e. The van der Waals surface area contributed by atoms with Gasteiger partial charge in [0.15, 0.2) is 0 Å². The molecule has 1 aromatic rings. The first-order valence-corrected chi connectivity index (χ1v) is 10.6. The van der Waals surface area contributed by atoms with Gasteiger partial charge in [0.25, 0.3) is 0 Å². The summed E-state index contributed by atoms with van der Waals surface area (Å²) >= 11 is 0. The van der Waals surface area contributed by atoms with Gasteiger partial charge in [0.05, 0.1) is 23.0 Å². The average Bonchev–Trinajstić information content (AvgIpc) is 2.77. The third kappa shape index (κ3) is 3.15. The number of anilines is 1. The summed E-state index contributed by atoms with van der Waals surface area (Å²) in [5, 5.41) is 0. The van der Waals surface area contributed by atoms with Crippen LogP contribution in [-0.2, 0) is 20.5 Å². The Hall–Kier alpha value is -1.53. The van der Waals surface area contributed by atoms with Gasteiger partial charge in [0.2, 0.25) is 5.91 Å². The predicted octanol–water partition coefficient (Wildman–Crippen LogP) is 3.60. The highest BCUT2D eigenvalue weighted by Gasteiger charge is 2.53. The third-order valence-corrected chi connectivity index (χ3v) is 6.96. The number of hydrogen-bond acceptors (Lipinski definition) is 4. The van der Waals surface area contributed by atoms with Crippen LogP contribution in [0.25, 0.3) is 0 Å². The Morgan fingerprint density at radius 3 is 2.32 bits per heavy atom. The molecular formula is C22H32BNO4. The van der Waals surface area contributed by atoms with Gasteiger partial charge in [0, 0.05) is 24.0 Å². The van der Waals surface area contributed by atoms with Crippen molar-refractivity contribution in [3.8, 4) is 5.75 Å². The Kier molecular flexibility index (Phi) is 4.78. The highest BCUT2D eigenvalue weighted by molar-refractivity contribution is 6.63. The SMILES string of the molecule is CC(=O)N1c2ccc(B3OC(C)(C)C(C)(C)O3)c(OC3CCC3)c2CCC1C. The fourth-order valence-corrected chi connectivity index (χ4v) is 4.25. The van der Waals surface area contributed by atoms with E-state index in [9.17, 15) is 4.79 Å². The molecule has 1 atom stereocenters. The first-order valence-electron chi connectivity index (χ1n) is 10.6. The fraction of sp³-hybridized carbons (Fsp3) is 0.682. The van der Waals surface area contributed by atoms with Crippen LogP contribution in [0.4, 0.5) is 5.69 Å². The molecular weight excluding hydrogens is 353 g/mol. The number of hydrogen-bond donors (Lipinski definition) is 0. The zero-order chi connectivity index (χ0) is 20.3. The van der Waals surface area contributed by atoms with E-state index in [1.165, 1.54) is 6.42 Å². The summed E-state index contributed by atoms with van der Waals surface area (Å²) in [5.41, 5.74) is 2.23. The van der Waals surface area contributed by atoms with E-state index in [2.05, 4.69) is 34.6 Å². The summed E-state index contributed by atoms with van der Waals surface area (Å²) in [6.45, 7) is 12.0. The molecule has 0 spiro atoms. The van der Waals surface area contributed by atoms with Gasteiger partial charge in [-0.1, -0.05) is 6.07 Å². The van der Waals surface area contributed by atoms with E-state index in [1.807, 2.05) is 17.0 Å². The summed E-state index contributed by atoms with van der Waals surface area (Å²) in [6, 6.07) is 4.27. The number of carbonyl (C=O) groups is 1. The van der Waals surface area contributed by atoms with E-state index in [-0.39, 0.29) is 18.1 Å². The summed E-state index contributed by atoms with van der Waals surface area (Å²) in [7, 11) is -0.462. The number of ether oxygens (including phenoxy) is 1. The molecule has 1 aromatic carbocycles. The molecule has 0 radical (unpaired) electrons. The summed E-state index contributed by atoms with van der Waals surface area (Å²) in [4.78, 5) is 14.2. The average molecular weight is 385 g/mol. The van der Waals surface area contributed by atoms with Gasteiger partial charge >= 0.3 is 7.12 Å². The van der Waals surface area contributed by atoms with Crippen molar-refractivity contribution in [1.29, 1.82) is 0 Å². The standard InChI is InChI=1S/C22H32BNO4/c1-14-10-11-17-19(24(14)15(2)25)13-12-18(20(17)26-16-8-7-9-16)23-27-21(3,4)22(5,6)28-23/h12-14,16H,7-11H2,1-6H3. The maximum atomic E-state index is 12.3. The zero-order valence-corrected chi connectivity index (χ0v) is 18.0. The van der Waals surface area contributed by atoms with Gasteiger partial charge in [-0.25, -0.2) is 0 Å². The molecule has 5 nitrogen and oxygen atoms in total. The molecule has 0 N–H and O–H groups in total. The Bertz CT molecular complexity index is 771. The first-order chi connectivity index (χ1) is 13.1. The highest BCUT2D eigenvalue weighted by atomic mass is 16.7. The van der Waals surface area contributed by atoms with Crippen molar-refractivity contribution in [1.82, 2.24) is 0 Å². The maximum absolute atomic E-state index is 12.3. The Balaban J connectivity index is 1.78. The number of fused-ring (bicyclic) bond motifs is 1. The second-order valence-electron chi connectivity index (χ2n) is 9.52. The van der Waals surface area contributed by atoms with Gasteiger partial charge in [-0.3, -0.25) is 4.79 Å². The minimum atomic E-state index is -0.462. The van der Waals surface area contributed by atoms with Crippen molar-refractivity contribution >= 4 is 24.2 Å². The number of benzene rings is 1. The number of amides is 1. The van der Waals surface area contributed by atoms with Gasteiger partial charge in [-0.05, 0) is 72.8 Å². The lowest BCUT2D eigenvalue weighted by Gasteiger charge is -2.37. The molecule has 2 aliphatic heterocycles. The van der Waals surface area contributed by atoms with E-state index in [0.29, 0.717) is 0 Å². The molecule has 4 rings (SSSR count). The van der Waals surface area contributed by atoms with Crippen molar-refractivity contribution in [3.05, 3.63) is 17.7 Å². The third-order valence-electron chi connectivity index (χ3n) is 6.96. The van der Waals surface area contributed by atoms with Crippen LogP contribution in [0.3, 0.4) is 0 Å². The molecule has 152 valence electrons. The first kappa shape index (κ1) is 19.8. The van der Waals surface area contributed by atoms with Gasteiger partial charge in [-0.15, -0.1) is 0 Å². The molecule has 1 saturated carbocycles. The van der Waals surface area contributed by atoms with Gasteiger partial charge in [-0.2, -0.15) is 0 Å². The van der Waals surface area contributed by atoms with E-state index >= 15 is 0 Å². The number of nitrogens with zero attached hydrogens (tertiary/aromatic N) is 1. The van der Waals surface area contributed by atoms with E-state index in [4.69, 9.17) is 14.0 Å². The van der Waals surface area contributed by atoms with Crippen LogP contribution in [0.15, 0.2) is 12.1 Å². The highest BCUT2D eigenvalue weighted by Crippen LogP contribution is 2.41. The molecule has 3 aliphatic rings. The second-order valence-corrected chi connectivity index (χ2v) is 9.52. The molecule has 0 bridgehead atoms. The minimum absolute atomic E-state index is 0.0754. The topological polar surface area (TPSA) is 48.0 Å². The molecule has 1 saturated heterocycles. The quantitative estimate of drug-likeness (QED) is 0.746. The Morgan fingerprint density at radius 2 is 1.79 bits per heavy atom. The van der Waals surface area contributed by atoms with Crippen LogP contribution in [0, 0.1) is 0 Å². The van der Waals surface area contributed by atoms with Crippen LogP contribution in [0.5, 0.6) is 5.75 Å². The molecule has 2 fully saturated rings. The molecule has 28 heavy (non-hydrogen) atoms. The molecule has 1 unspecified atom stereocenters. The van der Waals surface area contributed by atoms with E-state index in [0.717, 1.165) is 48.1 Å². The number of carbonyl (C=O) groups excluding carboxylic acids is 1. The van der Waals surface area contributed by atoms with Crippen molar-refractivity contribution < 1.29 is 18.8 Å². The predicted molar refractivity (Wildman–Crippen MR) is 111 cm³/mol. The molecule has 2 heterocycles. The zero-order valence-electron chi connectivity index (χ0n) is 18.0. The van der Waals surface area contributed by atoms with Crippen LogP contribution < -0.4 is 15.1 Å². The van der Waals surface area contributed by atoms with Crippen LogP contribution >= 0.6 is 0 Å². The largest absolute Gasteiger partial charge is 0.498 e. The fourth-order valence-electron chi connectivity index (χ4n) is 4.25. The van der Waals surface area contributed by atoms with Crippen molar-refractivity contribution in [2.24, 2.45) is 0 Å². The monoisotopic (exact) mass is 385 g/mol. The van der Waals surface area contributed by atoms with Crippen LogP contribution in [0.2, 0.25) is 0 Å². The van der Waals surface area contributed by atoms with E-state index in [1.54, 1.807) is 6.92 Å². The van der Waals surface area contributed by atoms with Crippen molar-refractivity contribution in [2.45, 2.75) is 97.0 Å². The normalized spacial score (nSPS) is 26.0. The minimum Gasteiger partial charge on any atom is -0.490 e. The van der Waals surface area contributed by atoms with Crippen LogP contribution in [0.1, 0.15) is 72.8 Å². The summed E-state index contributed by atoms with van der Waals surface area (Å²) in [5.74, 6) is 0.949. The van der Waals surface area contributed by atoms with Crippen molar-refractivity contribution in [2.75, 3.05) is 4.90 Å². The van der Waals surface area contributed by atoms with Crippen LogP contribution in [-0.4, -0.2) is 36.4 Å². The Labute approximate surface area is 168 Å². The van der Waals surface area contributed by atoms with Crippen molar-refractivity contribution in [3.63, 3.8) is 0 Å². The molecule has 6 heteroatoms. The lowest BCUT2D eigenvalue weighted by Crippen LogP contribution is -2.43. The molecule has 1 aliphatic carbocycles. The van der Waals surface area contributed by atoms with Gasteiger partial charge < -0.3 is 18.9 Å². The Morgan fingerprint density at radius 1 is 1.14 bits per heavy atom. The number of rotatable bonds is 3. The lowest BCUT2D eigenvalue weighted by atomic mass is 9.75. The summed E-state index contributed by atoms with van der Waals surface area (Å²) < 4.78 is 19.1. The lowest BCUT2D eigenvalue weighted by molar-refractivity contribution is -0.117. The maximum Gasteiger partial charge on any atom is 0.498 e. The summed E-state index contributed by atoms with van der Waals surface area (Å²) in [6.07, 6.45) is 5.45. The molecule has 0 aromatic heterocycles. The van der Waals surface area contributed by atoms with E-state index < -0.39 is 18.3 Å². The van der Waals surface area contributed by atoms with Gasteiger partial charge in [0.1, 0.15) is 5.75 Å². The second kappa shape index (κ2) is 6.77. The molecule has 1 amide bonds.